The highest BCUT2D eigenvalue weighted by Crippen LogP contribution is 2.49. The third-order valence-corrected chi connectivity index (χ3v) is 5.56. The highest BCUT2D eigenvalue weighted by molar-refractivity contribution is 6.23. The Morgan fingerprint density at radius 1 is 0.441 bits per heavy atom. The molecule has 5 rings (SSSR count). The lowest BCUT2D eigenvalue weighted by Crippen LogP contribution is -2.12. The van der Waals surface area contributed by atoms with E-state index in [-0.39, 0.29) is 12.1 Å². The van der Waals surface area contributed by atoms with Gasteiger partial charge in [-0.2, -0.15) is 52.7 Å². The zero-order valence-electron chi connectivity index (χ0n) is 15.9. The smallest absolute Gasteiger partial charge is 0.300 e. The predicted octanol–water partition coefficient (Wildman–Crippen LogP) is 8.01. The number of alkyl halides is 12. The van der Waals surface area contributed by atoms with Crippen LogP contribution in [-0.2, 0) is 24.7 Å². The number of benzene rings is 2. The second-order valence-corrected chi connectivity index (χ2v) is 7.56. The Labute approximate surface area is 178 Å². The summed E-state index contributed by atoms with van der Waals surface area (Å²) < 4.78 is 164. The third kappa shape index (κ3) is 2.99. The minimum Gasteiger partial charge on any atom is -0.300 e. The van der Waals surface area contributed by atoms with E-state index in [4.69, 9.17) is 0 Å². The maximum Gasteiger partial charge on any atom is 0.417 e. The van der Waals surface area contributed by atoms with Crippen molar-refractivity contribution < 1.29 is 52.7 Å². The van der Waals surface area contributed by atoms with Crippen LogP contribution in [0.2, 0.25) is 0 Å². The van der Waals surface area contributed by atoms with Crippen LogP contribution >= 0.6 is 0 Å². The molecule has 14 heteroatoms. The largest absolute Gasteiger partial charge is 0.417 e. The van der Waals surface area contributed by atoms with Crippen molar-refractivity contribution in [1.82, 2.24) is 8.80 Å². The molecule has 0 spiro atoms. The Morgan fingerprint density at radius 2 is 0.794 bits per heavy atom. The molecule has 0 saturated carbocycles. The van der Waals surface area contributed by atoms with Gasteiger partial charge in [-0.25, -0.2) is 0 Å². The molecule has 0 amide bonds. The highest BCUT2D eigenvalue weighted by Gasteiger charge is 2.43. The second-order valence-electron chi connectivity index (χ2n) is 7.56. The Morgan fingerprint density at radius 3 is 1.09 bits per heavy atom. The number of fused-ring (bicyclic) bond motifs is 6. The van der Waals surface area contributed by atoms with Gasteiger partial charge in [0.15, 0.2) is 0 Å². The molecule has 0 fully saturated rings. The average Bonchev–Trinajstić information content (AvgIpc) is 3.30. The Kier molecular flexibility index (Phi) is 4.11. The molecule has 0 N–H and O–H groups in total. The molecule has 0 aliphatic carbocycles. The molecule has 0 aliphatic rings. The first kappa shape index (κ1) is 22.5. The highest BCUT2D eigenvalue weighted by atomic mass is 19.4. The molecule has 0 radical (unpaired) electrons. The van der Waals surface area contributed by atoms with Crippen molar-refractivity contribution >= 4 is 32.8 Å². The summed E-state index contributed by atoms with van der Waals surface area (Å²) >= 11 is 0. The molecule has 0 atom stereocenters. The Balaban J connectivity index is 2.10. The zero-order chi connectivity index (χ0) is 25.2. The van der Waals surface area contributed by atoms with Gasteiger partial charge in [0, 0.05) is 28.6 Å². The predicted molar refractivity (Wildman–Crippen MR) is 94.6 cm³/mol. The van der Waals surface area contributed by atoms with Crippen molar-refractivity contribution in [2.45, 2.75) is 24.7 Å². The van der Waals surface area contributed by atoms with Crippen molar-refractivity contribution in [2.75, 3.05) is 0 Å². The number of hydrogen-bond donors (Lipinski definition) is 0. The van der Waals surface area contributed by atoms with Crippen LogP contribution in [0.4, 0.5) is 52.7 Å². The summed E-state index contributed by atoms with van der Waals surface area (Å²) in [6, 6.07) is 0.261. The van der Waals surface area contributed by atoms with E-state index in [1.54, 1.807) is 0 Å². The van der Waals surface area contributed by atoms with Crippen molar-refractivity contribution in [1.29, 1.82) is 0 Å². The number of halogens is 12. The lowest BCUT2D eigenvalue weighted by Gasteiger charge is -2.15. The van der Waals surface area contributed by atoms with Gasteiger partial charge >= 0.3 is 24.7 Å². The Bertz CT molecular complexity index is 1470. The van der Waals surface area contributed by atoms with Gasteiger partial charge < -0.3 is 8.80 Å². The number of nitrogens with zero attached hydrogens (tertiary/aromatic N) is 2. The first-order chi connectivity index (χ1) is 15.4. The van der Waals surface area contributed by atoms with E-state index in [0.29, 0.717) is 12.1 Å². The fraction of sp³-hybridized carbons (Fsp3) is 0.200. The van der Waals surface area contributed by atoms with Gasteiger partial charge in [-0.15, -0.1) is 0 Å². The summed E-state index contributed by atoms with van der Waals surface area (Å²) in [5, 5.41) is -2.71. The number of aromatic nitrogens is 2. The summed E-state index contributed by atoms with van der Waals surface area (Å²) in [7, 11) is 0. The second kappa shape index (κ2) is 6.21. The summed E-state index contributed by atoms with van der Waals surface area (Å²) in [5.74, 6) is 0. The van der Waals surface area contributed by atoms with Crippen molar-refractivity contribution in [3.05, 3.63) is 58.9 Å². The third-order valence-electron chi connectivity index (χ3n) is 5.56. The molecule has 0 aliphatic heterocycles. The van der Waals surface area contributed by atoms with Crippen LogP contribution in [0, 0.1) is 0 Å². The van der Waals surface area contributed by atoms with E-state index in [9.17, 15) is 52.7 Å². The Hall–Kier alpha value is -3.32. The van der Waals surface area contributed by atoms with Crippen molar-refractivity contribution in [3.8, 4) is 0 Å². The van der Waals surface area contributed by atoms with E-state index in [1.807, 2.05) is 0 Å². The van der Waals surface area contributed by atoms with Crippen LogP contribution in [0.1, 0.15) is 22.3 Å². The molecular formula is C20H6F12N2. The zero-order valence-corrected chi connectivity index (χ0v) is 15.9. The summed E-state index contributed by atoms with van der Waals surface area (Å²) in [6.45, 7) is 0. The molecule has 0 saturated heterocycles. The first-order valence-electron chi connectivity index (χ1n) is 9.07. The van der Waals surface area contributed by atoms with Crippen LogP contribution < -0.4 is 0 Å². The van der Waals surface area contributed by atoms with Gasteiger partial charge in [0.05, 0.1) is 33.3 Å². The molecule has 0 bridgehead atoms. The molecule has 5 aromatic rings. The lowest BCUT2D eigenvalue weighted by molar-refractivity contribution is -0.143. The number of rotatable bonds is 0. The minimum atomic E-state index is -5.42. The maximum atomic E-state index is 13.8. The maximum absolute atomic E-state index is 13.8. The van der Waals surface area contributed by atoms with E-state index in [1.165, 1.54) is 0 Å². The van der Waals surface area contributed by atoms with Gasteiger partial charge in [0.2, 0.25) is 0 Å². The molecule has 0 unspecified atom stereocenters. The molecule has 2 aromatic carbocycles. The van der Waals surface area contributed by atoms with Crippen molar-refractivity contribution in [3.63, 3.8) is 0 Å². The lowest BCUT2D eigenvalue weighted by atomic mass is 9.98. The SMILES string of the molecule is FC(F)(F)c1cc(C(F)(F)F)c2c3c4c(C(F)(F)F)cc(C(F)(F)F)cc4n4ccn(c2c1)c34. The van der Waals surface area contributed by atoms with Gasteiger partial charge in [-0.3, -0.25) is 0 Å². The standard InChI is InChI=1S/C20H6F12N2/c21-17(22,23)7-3-9(19(27,28)29)13-11(5-7)33-1-2-34-12-6-8(18(24,25)26)4-10(20(30,31)32)14(12)15(13)16(33)34/h1-6H. The quantitative estimate of drug-likeness (QED) is 0.190. The van der Waals surface area contributed by atoms with Gasteiger partial charge in [0.1, 0.15) is 5.65 Å². The average molecular weight is 502 g/mol. The molecular weight excluding hydrogens is 496 g/mol. The summed E-state index contributed by atoms with van der Waals surface area (Å²) in [6.07, 6.45) is -19.3. The molecule has 180 valence electrons. The van der Waals surface area contributed by atoms with E-state index in [0.717, 1.165) is 21.2 Å². The van der Waals surface area contributed by atoms with Crippen LogP contribution in [0.5, 0.6) is 0 Å². The van der Waals surface area contributed by atoms with E-state index in [2.05, 4.69) is 0 Å². The van der Waals surface area contributed by atoms with Crippen molar-refractivity contribution in [2.24, 2.45) is 0 Å². The molecule has 2 nitrogen and oxygen atoms in total. The van der Waals surface area contributed by atoms with Crippen LogP contribution in [0.15, 0.2) is 36.7 Å². The fourth-order valence-corrected chi connectivity index (χ4v) is 4.30. The van der Waals surface area contributed by atoms with E-state index < -0.39 is 79.8 Å². The normalized spacial score (nSPS) is 14.5. The van der Waals surface area contributed by atoms with Gasteiger partial charge in [-0.05, 0) is 24.3 Å². The van der Waals surface area contributed by atoms with Crippen LogP contribution in [0.3, 0.4) is 0 Å². The molecule has 3 heterocycles. The number of imidazole rings is 1. The fourth-order valence-electron chi connectivity index (χ4n) is 4.30. The van der Waals surface area contributed by atoms with Gasteiger partial charge in [-0.1, -0.05) is 0 Å². The van der Waals surface area contributed by atoms with Crippen LogP contribution in [0.25, 0.3) is 32.8 Å². The van der Waals surface area contributed by atoms with E-state index >= 15 is 0 Å². The van der Waals surface area contributed by atoms with Crippen LogP contribution in [-0.4, -0.2) is 8.80 Å². The minimum absolute atomic E-state index is 0.224. The number of hydrogen-bond acceptors (Lipinski definition) is 0. The first-order valence-corrected chi connectivity index (χ1v) is 9.07. The monoisotopic (exact) mass is 502 g/mol. The topological polar surface area (TPSA) is 8.82 Å². The van der Waals surface area contributed by atoms with Gasteiger partial charge in [0.25, 0.3) is 0 Å². The summed E-state index contributed by atoms with van der Waals surface area (Å²) in [4.78, 5) is 0. The molecule has 3 aromatic heterocycles. The molecule has 34 heavy (non-hydrogen) atoms. The summed E-state index contributed by atoms with van der Waals surface area (Å²) in [5.41, 5.74) is -8.88.